The van der Waals surface area contributed by atoms with Crippen LogP contribution in [0.25, 0.3) is 55.3 Å². The third-order valence-corrected chi connectivity index (χ3v) is 15.2. The van der Waals surface area contributed by atoms with Crippen molar-refractivity contribution in [1.82, 2.24) is 0 Å². The van der Waals surface area contributed by atoms with Crippen LogP contribution in [0.1, 0.15) is 69.1 Å². The quantitative estimate of drug-likeness (QED) is 0.156. The van der Waals surface area contributed by atoms with E-state index in [1.54, 1.807) is 5.56 Å². The monoisotopic (exact) mass is 773 g/mol. The van der Waals surface area contributed by atoms with Gasteiger partial charge in [-0.2, -0.15) is 0 Å². The lowest BCUT2D eigenvalue weighted by atomic mass is 9.48. The molecule has 0 aromatic heterocycles. The van der Waals surface area contributed by atoms with E-state index in [4.69, 9.17) is 0 Å². The van der Waals surface area contributed by atoms with Gasteiger partial charge in [0, 0.05) is 22.2 Å². The number of rotatable bonds is 7. The topological polar surface area (TPSA) is 3.24 Å². The molecule has 0 saturated heterocycles. The number of fused-ring (bicyclic) bond motifs is 4. The van der Waals surface area contributed by atoms with Crippen LogP contribution in [0.5, 0.6) is 0 Å². The summed E-state index contributed by atoms with van der Waals surface area (Å²) >= 11 is 0. The van der Waals surface area contributed by atoms with E-state index >= 15 is 0 Å². The first kappa shape index (κ1) is 35.7. The summed E-state index contributed by atoms with van der Waals surface area (Å²) in [5.41, 5.74) is 18.2. The smallest absolute Gasteiger partial charge is 0.0540 e. The molecule has 13 rings (SSSR count). The van der Waals surface area contributed by atoms with Crippen molar-refractivity contribution in [3.63, 3.8) is 0 Å². The number of anilines is 3. The molecule has 8 aromatic carbocycles. The van der Waals surface area contributed by atoms with Crippen LogP contribution in [-0.4, -0.2) is 0 Å². The zero-order valence-corrected chi connectivity index (χ0v) is 34.7. The number of para-hydroxylation sites is 1. The summed E-state index contributed by atoms with van der Waals surface area (Å²) in [6.45, 7) is 4.76. The van der Waals surface area contributed by atoms with Crippen LogP contribution < -0.4 is 4.90 Å². The van der Waals surface area contributed by atoms with Crippen LogP contribution in [0.2, 0.25) is 0 Å². The second kappa shape index (κ2) is 13.7. The van der Waals surface area contributed by atoms with E-state index in [0.717, 1.165) is 34.8 Å². The molecule has 4 fully saturated rings. The predicted molar refractivity (Wildman–Crippen MR) is 252 cm³/mol. The molecular weight excluding hydrogens is 723 g/mol. The van der Waals surface area contributed by atoms with Gasteiger partial charge in [0.2, 0.25) is 0 Å². The van der Waals surface area contributed by atoms with Crippen LogP contribution in [0, 0.1) is 17.8 Å². The van der Waals surface area contributed by atoms with Gasteiger partial charge in [-0.05, 0) is 159 Å². The molecule has 0 amide bonds. The third kappa shape index (κ3) is 5.73. The average Bonchev–Trinajstić information content (AvgIpc) is 3.51. The maximum Gasteiger partial charge on any atom is 0.0540 e. The molecule has 0 heterocycles. The SMILES string of the molecule is CC1(C)c2ccccc2-c2ccc(N(c3ccccc3-c3ccc4ccccc4c3)c3ccc(-c4ccc(C56CC7CC(CC(C7)C5)C6)cc4)cc3-c3ccccc3)cc21. The molecular formula is C59H51N. The fraction of sp³-hybridized carbons (Fsp3) is 0.220. The minimum atomic E-state index is -0.125. The molecule has 5 aliphatic rings. The standard InChI is InChI=1S/C59H51N/c1-58(2)54-18-10-8-17-51(54)52-28-27-49(35-55(52)58)60(56-19-11-9-16-50(56)47-21-20-42-12-6-7-15-45(42)33-47)57-29-24-46(34-53(57)44-13-4-3-5-14-44)43-22-25-48(26-23-43)59-36-39-30-40(37-59)32-41(31-39)38-59/h3-29,33-35,39-41H,30-32,36-38H2,1-2H3. The molecule has 4 saturated carbocycles. The van der Waals surface area contributed by atoms with Crippen molar-refractivity contribution in [1.29, 1.82) is 0 Å². The third-order valence-electron chi connectivity index (χ3n) is 15.2. The van der Waals surface area contributed by atoms with Crippen molar-refractivity contribution in [3.8, 4) is 44.5 Å². The highest BCUT2D eigenvalue weighted by atomic mass is 15.1. The van der Waals surface area contributed by atoms with E-state index in [-0.39, 0.29) is 5.41 Å². The Balaban J connectivity index is 1.03. The highest BCUT2D eigenvalue weighted by molar-refractivity contribution is 5.97. The highest BCUT2D eigenvalue weighted by Gasteiger charge is 2.51. The Kier molecular flexibility index (Phi) is 8.15. The van der Waals surface area contributed by atoms with Gasteiger partial charge >= 0.3 is 0 Å². The minimum Gasteiger partial charge on any atom is -0.309 e. The van der Waals surface area contributed by atoms with E-state index < -0.39 is 0 Å². The second-order valence-corrected chi connectivity index (χ2v) is 19.2. The van der Waals surface area contributed by atoms with Gasteiger partial charge in [0.05, 0.1) is 11.4 Å². The molecule has 0 unspecified atom stereocenters. The fourth-order valence-electron chi connectivity index (χ4n) is 12.7. The van der Waals surface area contributed by atoms with Crippen molar-refractivity contribution >= 4 is 27.8 Å². The zero-order valence-electron chi connectivity index (χ0n) is 34.7. The van der Waals surface area contributed by atoms with E-state index in [9.17, 15) is 0 Å². The summed E-state index contributed by atoms with van der Waals surface area (Å²) in [5, 5.41) is 2.50. The molecule has 1 heteroatoms. The van der Waals surface area contributed by atoms with Crippen LogP contribution in [0.4, 0.5) is 17.1 Å². The van der Waals surface area contributed by atoms with Crippen molar-refractivity contribution in [3.05, 3.63) is 199 Å². The highest BCUT2D eigenvalue weighted by Crippen LogP contribution is 2.61. The summed E-state index contributed by atoms with van der Waals surface area (Å²) in [5.74, 6) is 2.83. The average molecular weight is 774 g/mol. The first-order valence-electron chi connectivity index (χ1n) is 22.3. The molecule has 4 bridgehead atoms. The summed E-state index contributed by atoms with van der Waals surface area (Å²) in [4.78, 5) is 2.53. The van der Waals surface area contributed by atoms with Crippen molar-refractivity contribution in [2.45, 2.75) is 63.2 Å². The summed E-state index contributed by atoms with van der Waals surface area (Å²) in [6, 6.07) is 68.8. The fourth-order valence-corrected chi connectivity index (χ4v) is 12.7. The van der Waals surface area contributed by atoms with Gasteiger partial charge in [0.1, 0.15) is 0 Å². The predicted octanol–water partition coefficient (Wildman–Crippen LogP) is 16.1. The van der Waals surface area contributed by atoms with Crippen LogP contribution in [0.15, 0.2) is 182 Å². The van der Waals surface area contributed by atoms with Crippen LogP contribution in [0.3, 0.4) is 0 Å². The lowest BCUT2D eigenvalue weighted by Crippen LogP contribution is -2.48. The first-order valence-corrected chi connectivity index (χ1v) is 22.3. The Hall–Kier alpha value is -6.18. The minimum absolute atomic E-state index is 0.125. The Morgan fingerprint density at radius 2 is 1.00 bits per heavy atom. The molecule has 60 heavy (non-hydrogen) atoms. The van der Waals surface area contributed by atoms with Gasteiger partial charge in [0.15, 0.2) is 0 Å². The lowest BCUT2D eigenvalue weighted by molar-refractivity contribution is -0.00518. The summed E-state index contributed by atoms with van der Waals surface area (Å²) < 4.78 is 0. The van der Waals surface area contributed by atoms with Gasteiger partial charge in [-0.15, -0.1) is 0 Å². The van der Waals surface area contributed by atoms with Gasteiger partial charge in [-0.25, -0.2) is 0 Å². The zero-order chi connectivity index (χ0) is 40.0. The van der Waals surface area contributed by atoms with E-state index in [1.165, 1.54) is 105 Å². The van der Waals surface area contributed by atoms with E-state index in [2.05, 4.69) is 201 Å². The Morgan fingerprint density at radius 3 is 1.77 bits per heavy atom. The first-order chi connectivity index (χ1) is 29.4. The van der Waals surface area contributed by atoms with E-state index in [0.29, 0.717) is 5.41 Å². The molecule has 0 atom stereocenters. The van der Waals surface area contributed by atoms with E-state index in [1.807, 2.05) is 0 Å². The number of nitrogens with zero attached hydrogens (tertiary/aromatic N) is 1. The molecule has 0 aliphatic heterocycles. The molecule has 8 aromatic rings. The molecule has 292 valence electrons. The largest absolute Gasteiger partial charge is 0.309 e. The summed E-state index contributed by atoms with van der Waals surface area (Å²) in [7, 11) is 0. The molecule has 1 nitrogen and oxygen atoms in total. The molecule has 5 aliphatic carbocycles. The Labute approximate surface area is 355 Å². The summed E-state index contributed by atoms with van der Waals surface area (Å²) in [6.07, 6.45) is 8.63. The Morgan fingerprint density at radius 1 is 0.400 bits per heavy atom. The normalized spacial score (nSPS) is 21.8. The molecule has 0 radical (unpaired) electrons. The van der Waals surface area contributed by atoms with Gasteiger partial charge in [0.25, 0.3) is 0 Å². The molecule has 0 spiro atoms. The molecule has 0 N–H and O–H groups in total. The lowest BCUT2D eigenvalue weighted by Gasteiger charge is -2.57. The van der Waals surface area contributed by atoms with Crippen molar-refractivity contribution < 1.29 is 0 Å². The maximum absolute atomic E-state index is 2.53. The maximum atomic E-state index is 2.53. The van der Waals surface area contributed by atoms with Crippen LogP contribution in [-0.2, 0) is 10.8 Å². The van der Waals surface area contributed by atoms with Gasteiger partial charge < -0.3 is 4.90 Å². The number of benzene rings is 8. The van der Waals surface area contributed by atoms with Gasteiger partial charge in [-0.3, -0.25) is 0 Å². The number of hydrogen-bond donors (Lipinski definition) is 0. The van der Waals surface area contributed by atoms with Crippen molar-refractivity contribution in [2.75, 3.05) is 4.90 Å². The van der Waals surface area contributed by atoms with Gasteiger partial charge in [-0.1, -0.05) is 159 Å². The second-order valence-electron chi connectivity index (χ2n) is 19.2. The Bertz CT molecular complexity index is 2900. The number of hydrogen-bond acceptors (Lipinski definition) is 1. The van der Waals surface area contributed by atoms with Crippen LogP contribution >= 0.6 is 0 Å². The van der Waals surface area contributed by atoms with Crippen molar-refractivity contribution in [2.24, 2.45) is 17.8 Å².